The summed E-state index contributed by atoms with van der Waals surface area (Å²) in [5, 5.41) is 32.1. The summed E-state index contributed by atoms with van der Waals surface area (Å²) in [4.78, 5) is 108. The average Bonchev–Trinajstić information content (AvgIpc) is 4.05. The fraction of sp³-hybridized carbons (Fsp3) is 0.675. The second-order valence-corrected chi connectivity index (χ2v) is 26.4. The summed E-state index contributed by atoms with van der Waals surface area (Å²) in [6, 6.07) is -2.35. The van der Waals surface area contributed by atoms with E-state index in [1.807, 2.05) is 20.8 Å². The van der Waals surface area contributed by atoms with Crippen LogP contribution < -0.4 is 27.0 Å². The topological polar surface area (TPSA) is 409 Å². The number of fused-ring (bicyclic) bond motifs is 2. The highest BCUT2D eigenvalue weighted by Crippen LogP contribution is 2.66. The zero-order valence-electron chi connectivity index (χ0n) is 39.9. The first-order valence-corrected chi connectivity index (χ1v) is 30.8. The van der Waals surface area contributed by atoms with E-state index in [2.05, 4.69) is 56.2 Å². The Bertz CT molecular complexity index is 2510. The van der Waals surface area contributed by atoms with Gasteiger partial charge in [0.2, 0.25) is 11.8 Å². The van der Waals surface area contributed by atoms with E-state index in [4.69, 9.17) is 25.0 Å². The number of phosphoric ester groups is 1. The Hall–Kier alpha value is -3.33. The van der Waals surface area contributed by atoms with Crippen molar-refractivity contribution in [2.24, 2.45) is 0 Å². The van der Waals surface area contributed by atoms with Gasteiger partial charge in [0.15, 0.2) is 5.78 Å². The first kappa shape index (κ1) is 60.5. The number of carbonyl (C=O) groups excluding carboxylic acids is 4. The number of aromatic nitrogens is 3. The van der Waals surface area contributed by atoms with Gasteiger partial charge in [0.05, 0.1) is 48.2 Å². The van der Waals surface area contributed by atoms with Crippen molar-refractivity contribution in [2.75, 3.05) is 30.6 Å². The highest BCUT2D eigenvalue weighted by Gasteiger charge is 2.44. The molecule has 0 aliphatic carbocycles. The van der Waals surface area contributed by atoms with Crippen LogP contribution in [0.5, 0.6) is 0 Å². The van der Waals surface area contributed by atoms with Gasteiger partial charge in [-0.2, -0.15) is 20.4 Å². The molecule has 408 valence electrons. The van der Waals surface area contributed by atoms with Crippen LogP contribution in [0.1, 0.15) is 103 Å². The number of urea groups is 1. The van der Waals surface area contributed by atoms with E-state index in [1.54, 1.807) is 11.8 Å². The van der Waals surface area contributed by atoms with Crippen molar-refractivity contribution in [1.82, 2.24) is 35.8 Å². The van der Waals surface area contributed by atoms with E-state index in [-0.39, 0.29) is 79.0 Å². The molecule has 73 heavy (non-hydrogen) atoms. The van der Waals surface area contributed by atoms with Crippen LogP contribution in [0.3, 0.4) is 0 Å². The number of aliphatic hydroxyl groups excluding tert-OH is 1. The molecular formula is C40H61N8O19P3S3. The lowest BCUT2D eigenvalue weighted by Gasteiger charge is -2.27. The number of phosphoric acid groups is 3. The van der Waals surface area contributed by atoms with E-state index in [1.165, 1.54) is 38.7 Å². The van der Waals surface area contributed by atoms with E-state index in [0.717, 1.165) is 18.6 Å². The van der Waals surface area contributed by atoms with Crippen molar-refractivity contribution >= 4 is 103 Å². The van der Waals surface area contributed by atoms with Crippen LogP contribution in [0.2, 0.25) is 0 Å². The number of thioether (sulfide) groups is 1. The Kier molecular flexibility index (Phi) is 22.5. The van der Waals surface area contributed by atoms with Crippen LogP contribution in [-0.2, 0) is 55.5 Å². The molecule has 2 aromatic rings. The molecule has 4 amide bonds. The first-order chi connectivity index (χ1) is 34.2. The minimum atomic E-state index is -5.77. The third-order valence-corrected chi connectivity index (χ3v) is 19.8. The number of nitrogen functional groups attached to an aromatic ring is 1. The van der Waals surface area contributed by atoms with Gasteiger partial charge >= 0.3 is 35.5 Å². The van der Waals surface area contributed by atoms with Crippen LogP contribution >= 0.6 is 56.8 Å². The van der Waals surface area contributed by atoms with E-state index < -0.39 is 89.4 Å². The number of nitrogens with one attached hydrogen (secondary N) is 4. The Labute approximate surface area is 431 Å². The second-order valence-electron chi connectivity index (χ2n) is 17.7. The van der Waals surface area contributed by atoms with Crippen molar-refractivity contribution < 1.29 is 90.1 Å². The van der Waals surface area contributed by atoms with Gasteiger partial charge in [0.1, 0.15) is 48.7 Å². The number of aliphatic hydroxyl groups is 1. The summed E-state index contributed by atoms with van der Waals surface area (Å²) in [6.45, 7) is 4.87. The number of rotatable bonds is 30. The van der Waals surface area contributed by atoms with Crippen LogP contribution in [0.4, 0.5) is 10.6 Å². The largest absolute Gasteiger partial charge is 0.490 e. The Morgan fingerprint density at radius 3 is 2.52 bits per heavy atom. The Morgan fingerprint density at radius 1 is 1.05 bits per heavy atom. The molecule has 3 aliphatic rings. The second kappa shape index (κ2) is 27.1. The minimum Gasteiger partial charge on any atom is -0.481 e. The van der Waals surface area contributed by atoms with Gasteiger partial charge in [-0.15, -0.1) is 0 Å². The molecule has 0 aromatic carbocycles. The van der Waals surface area contributed by atoms with Crippen LogP contribution in [0.15, 0.2) is 12.5 Å². The number of Topliss-reactive ketones (excluding diaryl/α,β-unsaturated/α-hetero) is 1. The highest BCUT2D eigenvalue weighted by atomic mass is 33.1. The molecule has 12 N–H and O–H groups in total. The molecule has 3 fully saturated rings. The lowest BCUT2D eigenvalue weighted by atomic mass is 9.99. The fourth-order valence-corrected chi connectivity index (χ4v) is 14.8. The number of hydrogen-bond donors (Lipinski definition) is 11. The van der Waals surface area contributed by atoms with Crippen LogP contribution in [0.25, 0.3) is 11.0 Å². The third kappa shape index (κ3) is 19.3. The van der Waals surface area contributed by atoms with Crippen molar-refractivity contribution in [2.45, 2.75) is 144 Å². The number of ether oxygens (including phenoxy) is 2. The summed E-state index contributed by atoms with van der Waals surface area (Å²) in [6.07, 6.45) is 2.54. The number of carboxylic acids is 1. The van der Waals surface area contributed by atoms with Crippen molar-refractivity contribution in [3.63, 3.8) is 0 Å². The molecule has 27 nitrogen and oxygen atoms in total. The van der Waals surface area contributed by atoms with Crippen molar-refractivity contribution in [3.05, 3.63) is 18.1 Å². The van der Waals surface area contributed by atoms with E-state index in [9.17, 15) is 57.7 Å². The Morgan fingerprint density at radius 2 is 1.81 bits per heavy atom. The number of hydrogen-bond acceptors (Lipinski definition) is 20. The summed E-state index contributed by atoms with van der Waals surface area (Å²) in [5.41, 5.74) is 6.80. The monoisotopic (exact) mass is 1150 g/mol. The summed E-state index contributed by atoms with van der Waals surface area (Å²) >= 11 is 1.78. The number of carbonyl (C=O) groups is 5. The number of aliphatic carboxylic acids is 1. The van der Waals surface area contributed by atoms with Gasteiger partial charge in [-0.25, -0.2) is 28.5 Å². The lowest BCUT2D eigenvalue weighted by Crippen LogP contribution is -2.52. The smallest absolute Gasteiger partial charge is 0.481 e. The van der Waals surface area contributed by atoms with Gasteiger partial charge in [-0.3, -0.25) is 23.7 Å². The van der Waals surface area contributed by atoms with E-state index in [0.29, 0.717) is 36.6 Å². The molecule has 10 atom stereocenters. The number of anilines is 1. The molecule has 0 bridgehead atoms. The zero-order chi connectivity index (χ0) is 53.7. The van der Waals surface area contributed by atoms with Gasteiger partial charge in [-0.05, 0) is 46.0 Å². The quantitative estimate of drug-likeness (QED) is 0.0134. The number of ketones is 1. The maximum atomic E-state index is 13.7. The molecule has 0 spiro atoms. The summed E-state index contributed by atoms with van der Waals surface area (Å²) in [5.74, 6) is 4.27. The third-order valence-electron chi connectivity index (χ3n) is 11.4. The van der Waals surface area contributed by atoms with Gasteiger partial charge in [0.25, 0.3) is 0 Å². The molecule has 5 heterocycles. The maximum Gasteiger partial charge on any atom is 0.490 e. The van der Waals surface area contributed by atoms with Gasteiger partial charge in [0, 0.05) is 41.2 Å². The van der Waals surface area contributed by atoms with Gasteiger partial charge < -0.3 is 70.8 Å². The molecular weight excluding hydrogens is 1090 g/mol. The summed E-state index contributed by atoms with van der Waals surface area (Å²) in [7, 11) is -14.0. The molecule has 2 aromatic heterocycles. The molecule has 0 radical (unpaired) electrons. The number of carboxylic acid groups (broad SMARTS) is 1. The standard InChI is InChI=1S/C40H61N8O19P3S3/c1-4-5-10-27(49)25(16-33(52)53)45-38(54)24(44-31(51)12-7-6-11-30-35-26(20-71-30)46-39(55)47-35)13-14-40(2,3)73-72-22-63-15-8-9-23-18-48(37-34(23)36(41)42-21-43-37)32-17-28(50)29(65-32)19-64-69(59,60)67-70(61,62)66-68(56,57)58/h18,21,24-26,28-30,32,35,50H,4-7,10-17,19-20,22H2,1-3H3,(H,44,51)(H,45,54)(H,52,53)(H,59,60)(H,61,62)(H2,41,42,43)(H2,46,47,55)(H2,56,57,58)/t24?,25?,26-,28?,29?,30-,32?,35-/m0/s1. The fourth-order valence-electron chi connectivity index (χ4n) is 7.93. The van der Waals surface area contributed by atoms with Crippen molar-refractivity contribution in [3.8, 4) is 11.8 Å². The lowest BCUT2D eigenvalue weighted by molar-refractivity contribution is -0.140. The molecule has 5 rings (SSSR count). The maximum absolute atomic E-state index is 13.7. The molecule has 3 aliphatic heterocycles. The number of nitrogens with two attached hydrogens (primary N) is 1. The first-order valence-electron chi connectivity index (χ1n) is 22.9. The van der Waals surface area contributed by atoms with Crippen LogP contribution in [0, 0.1) is 11.8 Å². The summed E-state index contributed by atoms with van der Waals surface area (Å²) < 4.78 is 59.5. The Balaban J connectivity index is 1.12. The highest BCUT2D eigenvalue weighted by molar-refractivity contribution is 8.77. The molecule has 3 saturated heterocycles. The molecule has 7 unspecified atom stereocenters. The SMILES string of the molecule is CCCCC(=O)C(CC(=O)O)NC(=O)C(CCC(C)(C)SSCOCC#Cc1cn(C2CC(O)C(COP(=O)(O)OP(=O)(O)OP(=O)(O)O)O2)c2ncnc(N)c12)NC(=O)CCCC[C@@H]1SC[C@@H]2NC(=O)N[C@@H]21. The normalized spacial score (nSPS) is 23.3. The number of nitrogens with zero attached hydrogens (tertiary/aromatic N) is 3. The van der Waals surface area contributed by atoms with Crippen molar-refractivity contribution in [1.29, 1.82) is 0 Å². The van der Waals surface area contributed by atoms with Crippen LogP contribution in [-0.4, -0.2) is 145 Å². The predicted molar refractivity (Wildman–Crippen MR) is 267 cm³/mol. The van der Waals surface area contributed by atoms with E-state index >= 15 is 0 Å². The zero-order valence-corrected chi connectivity index (χ0v) is 45.0. The average molecular weight is 1150 g/mol. The number of unbranched alkanes of at least 4 members (excludes halogenated alkanes) is 2. The molecule has 0 saturated carbocycles. The van der Waals surface area contributed by atoms with Gasteiger partial charge in [-0.1, -0.05) is 53.2 Å². The minimum absolute atomic E-state index is 0.0350. The molecule has 33 heteroatoms. The predicted octanol–water partition coefficient (Wildman–Crippen LogP) is 3.20. The number of amides is 4.